The molecule has 16 heavy (non-hydrogen) atoms. The Bertz CT molecular complexity index is 484. The number of carbonyl (C=O) groups is 1. The maximum Gasteiger partial charge on any atom is 0.280 e. The third kappa shape index (κ3) is 2.43. The Kier molecular flexibility index (Phi) is 3.26. The van der Waals surface area contributed by atoms with Gasteiger partial charge in [0, 0.05) is 23.7 Å². The molecule has 0 spiro atoms. The van der Waals surface area contributed by atoms with Gasteiger partial charge in [-0.3, -0.25) is 4.79 Å². The minimum Gasteiger partial charge on any atom is -0.346 e. The minimum atomic E-state index is -0.318. The van der Waals surface area contributed by atoms with E-state index in [4.69, 9.17) is 0 Å². The van der Waals surface area contributed by atoms with Crippen LogP contribution in [0.4, 0.5) is 4.39 Å². The van der Waals surface area contributed by atoms with E-state index in [2.05, 4.69) is 10.3 Å². The molecule has 0 saturated carbocycles. The fraction of sp³-hybridized carbons (Fsp3) is 0.0909. The minimum absolute atomic E-state index is 0.172. The largest absolute Gasteiger partial charge is 0.346 e. The first kappa shape index (κ1) is 10.8. The summed E-state index contributed by atoms with van der Waals surface area (Å²) in [4.78, 5) is 15.4. The maximum absolute atomic E-state index is 13.2. The van der Waals surface area contributed by atoms with Crippen LogP contribution in [0, 0.1) is 5.82 Å². The van der Waals surface area contributed by atoms with Gasteiger partial charge in [0.2, 0.25) is 0 Å². The van der Waals surface area contributed by atoms with E-state index in [1.807, 2.05) is 0 Å². The van der Waals surface area contributed by atoms with Crippen LogP contribution in [0.2, 0.25) is 0 Å². The Labute approximate surface area is 96.0 Å². The van der Waals surface area contributed by atoms with Crippen molar-refractivity contribution >= 4 is 17.2 Å². The Morgan fingerprint density at radius 1 is 1.44 bits per heavy atom. The van der Waals surface area contributed by atoms with Gasteiger partial charge in [0.1, 0.15) is 5.82 Å². The number of thiazole rings is 1. The molecule has 0 unspecified atom stereocenters. The lowest BCUT2D eigenvalue weighted by molar-refractivity contribution is 0.0950. The van der Waals surface area contributed by atoms with E-state index in [9.17, 15) is 9.18 Å². The molecule has 0 aliphatic rings. The summed E-state index contributed by atoms with van der Waals surface area (Å²) in [6, 6.07) is 6.35. The van der Waals surface area contributed by atoms with Crippen LogP contribution in [-0.2, 0) is 6.54 Å². The fourth-order valence-corrected chi connectivity index (χ4v) is 1.78. The molecule has 1 amide bonds. The normalized spacial score (nSPS) is 10.1. The number of nitrogens with one attached hydrogen (secondary N) is 1. The highest BCUT2D eigenvalue weighted by Gasteiger charge is 2.08. The van der Waals surface area contributed by atoms with Crippen LogP contribution in [0.5, 0.6) is 0 Å². The molecule has 0 fully saturated rings. The summed E-state index contributed by atoms with van der Waals surface area (Å²) in [5, 5.41) is 4.72. The van der Waals surface area contributed by atoms with Gasteiger partial charge in [0.05, 0.1) is 0 Å². The van der Waals surface area contributed by atoms with E-state index >= 15 is 0 Å². The number of nitrogens with zero attached hydrogens (tertiary/aromatic N) is 1. The molecule has 0 aliphatic carbocycles. The lowest BCUT2D eigenvalue weighted by atomic mass is 10.2. The third-order valence-corrected chi connectivity index (χ3v) is 2.80. The number of benzene rings is 1. The fourth-order valence-electron chi connectivity index (χ4n) is 1.23. The van der Waals surface area contributed by atoms with Gasteiger partial charge in [-0.05, 0) is 6.07 Å². The zero-order chi connectivity index (χ0) is 11.4. The molecule has 2 rings (SSSR count). The van der Waals surface area contributed by atoms with Crippen molar-refractivity contribution in [3.8, 4) is 0 Å². The summed E-state index contributed by atoms with van der Waals surface area (Å²) in [5.41, 5.74) is 0.465. The lowest BCUT2D eigenvalue weighted by Gasteiger charge is -2.03. The smallest absolute Gasteiger partial charge is 0.280 e. The first-order chi connectivity index (χ1) is 7.77. The Balaban J connectivity index is 1.98. The maximum atomic E-state index is 13.2. The third-order valence-electron chi connectivity index (χ3n) is 2.02. The monoisotopic (exact) mass is 236 g/mol. The molecule has 0 atom stereocenters. The molecule has 0 bridgehead atoms. The highest BCUT2D eigenvalue weighted by atomic mass is 32.1. The van der Waals surface area contributed by atoms with Crippen LogP contribution in [-0.4, -0.2) is 10.9 Å². The molecule has 1 aromatic heterocycles. The molecule has 2 aromatic rings. The van der Waals surface area contributed by atoms with Crippen LogP contribution < -0.4 is 5.32 Å². The number of carbonyl (C=O) groups excluding carboxylic acids is 1. The number of halogens is 1. The van der Waals surface area contributed by atoms with Crippen molar-refractivity contribution in [2.24, 2.45) is 0 Å². The average Bonchev–Trinajstić information content (AvgIpc) is 2.81. The van der Waals surface area contributed by atoms with Crippen LogP contribution >= 0.6 is 11.3 Å². The summed E-state index contributed by atoms with van der Waals surface area (Å²) >= 11 is 1.25. The highest BCUT2D eigenvalue weighted by molar-refractivity contribution is 7.11. The van der Waals surface area contributed by atoms with Gasteiger partial charge >= 0.3 is 0 Å². The number of amides is 1. The Hall–Kier alpha value is -1.75. The van der Waals surface area contributed by atoms with Crippen molar-refractivity contribution in [2.75, 3.05) is 0 Å². The van der Waals surface area contributed by atoms with Crippen molar-refractivity contribution in [3.05, 3.63) is 52.2 Å². The van der Waals surface area contributed by atoms with E-state index < -0.39 is 0 Å². The second-order valence-corrected chi connectivity index (χ2v) is 4.01. The highest BCUT2D eigenvalue weighted by Crippen LogP contribution is 2.07. The zero-order valence-electron chi connectivity index (χ0n) is 8.31. The number of hydrogen-bond donors (Lipinski definition) is 1. The van der Waals surface area contributed by atoms with Crippen molar-refractivity contribution in [2.45, 2.75) is 6.54 Å². The molecule has 82 valence electrons. The van der Waals surface area contributed by atoms with E-state index in [0.717, 1.165) is 0 Å². The molecule has 0 saturated heterocycles. The van der Waals surface area contributed by atoms with Crippen molar-refractivity contribution in [3.63, 3.8) is 0 Å². The SMILES string of the molecule is O=C(NCc1ccccc1F)c1nccs1. The van der Waals surface area contributed by atoms with Crippen molar-refractivity contribution < 1.29 is 9.18 Å². The predicted molar refractivity (Wildman–Crippen MR) is 59.7 cm³/mol. The van der Waals surface area contributed by atoms with Crippen molar-refractivity contribution in [1.29, 1.82) is 0 Å². The van der Waals surface area contributed by atoms with Crippen LogP contribution in [0.15, 0.2) is 35.8 Å². The van der Waals surface area contributed by atoms with Crippen molar-refractivity contribution in [1.82, 2.24) is 10.3 Å². The average molecular weight is 236 g/mol. The van der Waals surface area contributed by atoms with E-state index in [0.29, 0.717) is 10.6 Å². The molecule has 0 aliphatic heterocycles. The van der Waals surface area contributed by atoms with Gasteiger partial charge in [-0.15, -0.1) is 11.3 Å². The second kappa shape index (κ2) is 4.85. The van der Waals surface area contributed by atoms with Gasteiger partial charge in [0.15, 0.2) is 5.01 Å². The van der Waals surface area contributed by atoms with Gasteiger partial charge in [-0.25, -0.2) is 9.37 Å². The predicted octanol–water partition coefficient (Wildman–Crippen LogP) is 2.21. The summed E-state index contributed by atoms with van der Waals surface area (Å²) < 4.78 is 13.2. The topological polar surface area (TPSA) is 42.0 Å². The van der Waals surface area contributed by atoms with Crippen LogP contribution in [0.3, 0.4) is 0 Å². The molecule has 0 radical (unpaired) electrons. The summed E-state index contributed by atoms with van der Waals surface area (Å²) in [6.45, 7) is 0.172. The first-order valence-electron chi connectivity index (χ1n) is 4.68. The molecule has 1 heterocycles. The van der Waals surface area contributed by atoms with Crippen LogP contribution in [0.1, 0.15) is 15.4 Å². The second-order valence-electron chi connectivity index (χ2n) is 3.11. The quantitative estimate of drug-likeness (QED) is 0.887. The van der Waals surface area contributed by atoms with Crippen LogP contribution in [0.25, 0.3) is 0 Å². The first-order valence-corrected chi connectivity index (χ1v) is 5.56. The molecule has 5 heteroatoms. The standard InChI is InChI=1S/C11H9FN2OS/c12-9-4-2-1-3-8(9)7-14-10(15)11-13-5-6-16-11/h1-6H,7H2,(H,14,15). The molecular formula is C11H9FN2OS. The zero-order valence-corrected chi connectivity index (χ0v) is 9.13. The van der Waals surface area contributed by atoms with Gasteiger partial charge in [0.25, 0.3) is 5.91 Å². The van der Waals surface area contributed by atoms with Gasteiger partial charge in [-0.1, -0.05) is 18.2 Å². The number of rotatable bonds is 3. The van der Waals surface area contributed by atoms with E-state index in [-0.39, 0.29) is 18.3 Å². The molecule has 3 nitrogen and oxygen atoms in total. The van der Waals surface area contributed by atoms with E-state index in [1.165, 1.54) is 17.4 Å². The lowest BCUT2D eigenvalue weighted by Crippen LogP contribution is -2.23. The molecule has 1 N–H and O–H groups in total. The summed E-state index contributed by atoms with van der Waals surface area (Å²) in [7, 11) is 0. The molecular weight excluding hydrogens is 227 g/mol. The van der Waals surface area contributed by atoms with Gasteiger partial charge < -0.3 is 5.32 Å². The summed E-state index contributed by atoms with van der Waals surface area (Å²) in [6.07, 6.45) is 1.56. The number of aromatic nitrogens is 1. The summed E-state index contributed by atoms with van der Waals surface area (Å²) in [5.74, 6) is -0.597. The Morgan fingerprint density at radius 2 is 2.25 bits per heavy atom. The molecule has 1 aromatic carbocycles. The van der Waals surface area contributed by atoms with Gasteiger partial charge in [-0.2, -0.15) is 0 Å². The van der Waals surface area contributed by atoms with E-state index in [1.54, 1.807) is 29.8 Å². The Morgan fingerprint density at radius 3 is 2.94 bits per heavy atom. The number of hydrogen-bond acceptors (Lipinski definition) is 3.